The lowest BCUT2D eigenvalue weighted by molar-refractivity contribution is -0.124. The largest absolute Gasteiger partial charge is 0.369 e. The Morgan fingerprint density at radius 1 is 1.30 bits per heavy atom. The van der Waals surface area contributed by atoms with Crippen LogP contribution in [0.5, 0.6) is 0 Å². The second kappa shape index (κ2) is 7.92. The lowest BCUT2D eigenvalue weighted by atomic mass is 9.97. The fourth-order valence-electron chi connectivity index (χ4n) is 3.54. The number of piperidine rings is 1. The predicted octanol–water partition coefficient (Wildman–Crippen LogP) is 1.84. The third-order valence-corrected chi connectivity index (χ3v) is 5.28. The number of nitrogens with zero attached hydrogens (tertiary/aromatic N) is 3. The molecule has 7 nitrogen and oxygen atoms in total. The highest BCUT2D eigenvalue weighted by molar-refractivity contribution is 5.91. The van der Waals surface area contributed by atoms with E-state index < -0.39 is 0 Å². The Morgan fingerprint density at radius 3 is 2.78 bits per heavy atom. The summed E-state index contributed by atoms with van der Waals surface area (Å²) in [5, 5.41) is 2.94. The highest BCUT2D eigenvalue weighted by Crippen LogP contribution is 2.25. The zero-order valence-electron chi connectivity index (χ0n) is 16.2. The van der Waals surface area contributed by atoms with Gasteiger partial charge >= 0.3 is 0 Å². The van der Waals surface area contributed by atoms with Gasteiger partial charge in [-0.05, 0) is 50.4 Å². The molecule has 0 bridgehead atoms. The summed E-state index contributed by atoms with van der Waals surface area (Å²) in [7, 11) is 1.90. The van der Waals surface area contributed by atoms with E-state index in [9.17, 15) is 9.59 Å². The molecule has 2 heterocycles. The Labute approximate surface area is 159 Å². The third kappa shape index (κ3) is 4.36. The van der Waals surface area contributed by atoms with Crippen molar-refractivity contribution >= 4 is 17.8 Å². The molecular formula is C20H27N5O2. The molecule has 0 aliphatic carbocycles. The molecular weight excluding hydrogens is 342 g/mol. The molecule has 2 amide bonds. The van der Waals surface area contributed by atoms with Crippen LogP contribution in [-0.4, -0.2) is 45.9 Å². The number of primary amides is 1. The second-order valence-corrected chi connectivity index (χ2v) is 7.35. The first-order valence-corrected chi connectivity index (χ1v) is 9.26. The topological polar surface area (TPSA) is 93.2 Å². The summed E-state index contributed by atoms with van der Waals surface area (Å²) < 4.78 is 1.89. The van der Waals surface area contributed by atoms with Gasteiger partial charge in [0, 0.05) is 19.2 Å². The quantitative estimate of drug-likeness (QED) is 0.841. The van der Waals surface area contributed by atoms with E-state index in [1.54, 1.807) is 6.20 Å². The van der Waals surface area contributed by atoms with Gasteiger partial charge in [-0.15, -0.1) is 0 Å². The van der Waals surface area contributed by atoms with Crippen LogP contribution in [0.1, 0.15) is 24.0 Å². The van der Waals surface area contributed by atoms with Crippen molar-refractivity contribution in [3.8, 4) is 11.3 Å². The van der Waals surface area contributed by atoms with Crippen LogP contribution in [0, 0.1) is 19.8 Å². The Balaban J connectivity index is 1.71. The minimum absolute atomic E-state index is 0.0653. The molecule has 1 fully saturated rings. The van der Waals surface area contributed by atoms with Gasteiger partial charge in [-0.25, -0.2) is 4.98 Å². The minimum atomic E-state index is -0.363. The number of nitrogens with one attached hydrogen (secondary N) is 1. The van der Waals surface area contributed by atoms with E-state index in [1.165, 1.54) is 11.1 Å². The number of carbonyl (C=O) groups is 2. The predicted molar refractivity (Wildman–Crippen MR) is 105 cm³/mol. The average molecular weight is 369 g/mol. The van der Waals surface area contributed by atoms with Crippen molar-refractivity contribution in [3.05, 3.63) is 35.5 Å². The van der Waals surface area contributed by atoms with Crippen LogP contribution in [0.3, 0.4) is 0 Å². The number of rotatable bonds is 5. The maximum atomic E-state index is 12.7. The minimum Gasteiger partial charge on any atom is -0.369 e. The molecule has 144 valence electrons. The molecule has 2 aromatic rings. The van der Waals surface area contributed by atoms with Gasteiger partial charge in [0.25, 0.3) is 0 Å². The van der Waals surface area contributed by atoms with Gasteiger partial charge in [-0.2, -0.15) is 0 Å². The van der Waals surface area contributed by atoms with E-state index in [2.05, 4.69) is 42.3 Å². The molecule has 0 radical (unpaired) electrons. The zero-order valence-corrected chi connectivity index (χ0v) is 16.2. The summed E-state index contributed by atoms with van der Waals surface area (Å²) in [5.41, 5.74) is 9.75. The third-order valence-electron chi connectivity index (χ3n) is 5.28. The Hall–Kier alpha value is -2.67. The summed E-state index contributed by atoms with van der Waals surface area (Å²) in [6.45, 7) is 5.71. The zero-order chi connectivity index (χ0) is 19.6. The van der Waals surface area contributed by atoms with Crippen LogP contribution in [0.25, 0.3) is 11.3 Å². The summed E-state index contributed by atoms with van der Waals surface area (Å²) in [4.78, 5) is 30.1. The van der Waals surface area contributed by atoms with E-state index in [-0.39, 0.29) is 24.3 Å². The number of imidazole rings is 1. The van der Waals surface area contributed by atoms with Gasteiger partial charge in [0.1, 0.15) is 0 Å². The number of aryl methyl sites for hydroxylation is 2. The number of likely N-dealkylation sites (tertiary alicyclic amines) is 1. The molecule has 1 aromatic carbocycles. The summed E-state index contributed by atoms with van der Waals surface area (Å²) in [6.07, 6.45) is 3.45. The Morgan fingerprint density at radius 2 is 2.07 bits per heavy atom. The summed E-state index contributed by atoms with van der Waals surface area (Å²) >= 11 is 0. The van der Waals surface area contributed by atoms with Crippen molar-refractivity contribution in [1.82, 2.24) is 14.5 Å². The van der Waals surface area contributed by atoms with Crippen LogP contribution in [-0.2, 0) is 16.6 Å². The number of hydrogen-bond acceptors (Lipinski definition) is 4. The number of nitrogens with two attached hydrogens (primary N) is 1. The molecule has 1 aliphatic rings. The number of carbonyl (C=O) groups excluding carboxylic acids is 2. The van der Waals surface area contributed by atoms with E-state index in [0.29, 0.717) is 12.5 Å². The first kappa shape index (κ1) is 19.1. The SMILES string of the molecule is Cc1ccc(-c2cnc(NC(=O)[C@H]3CCCN(CC(N)=O)C3)n2C)cc1C. The smallest absolute Gasteiger partial charge is 0.231 e. The molecule has 0 unspecified atom stereocenters. The molecule has 3 N–H and O–H groups in total. The van der Waals surface area contributed by atoms with Crippen LogP contribution >= 0.6 is 0 Å². The maximum Gasteiger partial charge on any atom is 0.231 e. The van der Waals surface area contributed by atoms with Gasteiger partial charge < -0.3 is 10.3 Å². The summed E-state index contributed by atoms with van der Waals surface area (Å²) in [6, 6.07) is 6.28. The van der Waals surface area contributed by atoms with E-state index in [0.717, 1.165) is 30.6 Å². The van der Waals surface area contributed by atoms with Crippen molar-refractivity contribution in [1.29, 1.82) is 0 Å². The van der Waals surface area contributed by atoms with Crippen LogP contribution in [0.2, 0.25) is 0 Å². The summed E-state index contributed by atoms with van der Waals surface area (Å²) in [5.74, 6) is -0.0668. The van der Waals surface area contributed by atoms with Crippen molar-refractivity contribution < 1.29 is 9.59 Å². The number of benzene rings is 1. The van der Waals surface area contributed by atoms with Crippen LogP contribution in [0.4, 0.5) is 5.95 Å². The lowest BCUT2D eigenvalue weighted by Gasteiger charge is -2.30. The first-order chi connectivity index (χ1) is 12.8. The molecule has 1 atom stereocenters. The van der Waals surface area contributed by atoms with Crippen molar-refractivity contribution in [3.63, 3.8) is 0 Å². The molecule has 1 aromatic heterocycles. The van der Waals surface area contributed by atoms with Crippen molar-refractivity contribution in [2.24, 2.45) is 18.7 Å². The number of hydrogen-bond donors (Lipinski definition) is 2. The van der Waals surface area contributed by atoms with Crippen LogP contribution in [0.15, 0.2) is 24.4 Å². The van der Waals surface area contributed by atoms with E-state index in [1.807, 2.05) is 16.5 Å². The molecule has 1 saturated heterocycles. The van der Waals surface area contributed by atoms with Crippen molar-refractivity contribution in [2.45, 2.75) is 26.7 Å². The van der Waals surface area contributed by atoms with Crippen molar-refractivity contribution in [2.75, 3.05) is 25.0 Å². The number of amides is 2. The maximum absolute atomic E-state index is 12.7. The van der Waals surface area contributed by atoms with Gasteiger partial charge in [-0.1, -0.05) is 12.1 Å². The fraction of sp³-hybridized carbons (Fsp3) is 0.450. The lowest BCUT2D eigenvalue weighted by Crippen LogP contribution is -2.44. The van der Waals surface area contributed by atoms with Crippen LogP contribution < -0.4 is 11.1 Å². The number of anilines is 1. The molecule has 0 saturated carbocycles. The van der Waals surface area contributed by atoms with Gasteiger partial charge in [0.15, 0.2) is 0 Å². The second-order valence-electron chi connectivity index (χ2n) is 7.35. The highest BCUT2D eigenvalue weighted by Gasteiger charge is 2.27. The van der Waals surface area contributed by atoms with E-state index >= 15 is 0 Å². The molecule has 7 heteroatoms. The van der Waals surface area contributed by atoms with Gasteiger partial charge in [0.2, 0.25) is 17.8 Å². The standard InChI is InChI=1S/C20H27N5O2/c1-13-6-7-15(9-14(13)2)17-10-22-20(24(17)3)23-19(27)16-5-4-8-25(11-16)12-18(21)26/h6-7,9-10,16H,4-5,8,11-12H2,1-3H3,(H2,21,26)(H,22,23,27)/t16-/m0/s1. The molecule has 0 spiro atoms. The molecule has 27 heavy (non-hydrogen) atoms. The Kier molecular flexibility index (Phi) is 5.60. The monoisotopic (exact) mass is 369 g/mol. The average Bonchev–Trinajstić information content (AvgIpc) is 2.97. The molecule has 3 rings (SSSR count). The first-order valence-electron chi connectivity index (χ1n) is 9.26. The van der Waals surface area contributed by atoms with E-state index in [4.69, 9.17) is 5.73 Å². The fourth-order valence-corrected chi connectivity index (χ4v) is 3.54. The Bertz CT molecular complexity index is 858. The highest BCUT2D eigenvalue weighted by atomic mass is 16.2. The normalized spacial score (nSPS) is 17.7. The van der Waals surface area contributed by atoms with Gasteiger partial charge in [0.05, 0.1) is 24.4 Å². The molecule has 1 aliphatic heterocycles. The van der Waals surface area contributed by atoms with Gasteiger partial charge in [-0.3, -0.25) is 19.8 Å². The number of aromatic nitrogens is 2.